The summed E-state index contributed by atoms with van der Waals surface area (Å²) in [6.07, 6.45) is 5.25. The molecule has 2 rings (SSSR count). The van der Waals surface area contributed by atoms with Crippen molar-refractivity contribution in [2.75, 3.05) is 26.2 Å². The van der Waals surface area contributed by atoms with E-state index in [4.69, 9.17) is 10.5 Å². The number of piperidine rings is 1. The van der Waals surface area contributed by atoms with Crippen LogP contribution < -0.4 is 5.73 Å². The van der Waals surface area contributed by atoms with Gasteiger partial charge >= 0.3 is 0 Å². The molecule has 1 aromatic rings. The van der Waals surface area contributed by atoms with Crippen LogP contribution >= 0.6 is 0 Å². The monoisotopic (exact) mass is 252 g/mol. The number of amides is 1. The lowest BCUT2D eigenvalue weighted by Crippen LogP contribution is -2.41. The number of aromatic nitrogens is 2. The Morgan fingerprint density at radius 2 is 2.28 bits per heavy atom. The van der Waals surface area contributed by atoms with Gasteiger partial charge in [0.15, 0.2) is 0 Å². The van der Waals surface area contributed by atoms with E-state index >= 15 is 0 Å². The molecular formula is C12H20N4O2. The number of hydrogen-bond acceptors (Lipinski definition) is 4. The van der Waals surface area contributed by atoms with Gasteiger partial charge < -0.3 is 19.9 Å². The fourth-order valence-corrected chi connectivity index (χ4v) is 2.19. The molecule has 0 unspecified atom stereocenters. The topological polar surface area (TPSA) is 73.4 Å². The fraction of sp³-hybridized carbons (Fsp3) is 0.667. The molecule has 1 amide bonds. The predicted octanol–water partition coefficient (Wildman–Crippen LogP) is 0.000000000000000722. The Bertz CT molecular complexity index is 397. The molecule has 0 radical (unpaired) electrons. The first kappa shape index (κ1) is 13.0. The van der Waals surface area contributed by atoms with E-state index in [0.29, 0.717) is 18.8 Å². The van der Waals surface area contributed by atoms with Crippen molar-refractivity contribution in [1.82, 2.24) is 14.5 Å². The summed E-state index contributed by atoms with van der Waals surface area (Å²) in [6, 6.07) is 0. The molecule has 1 saturated heterocycles. The normalized spacial score (nSPS) is 17.1. The van der Waals surface area contributed by atoms with Crippen LogP contribution in [-0.2, 0) is 11.8 Å². The van der Waals surface area contributed by atoms with Crippen LogP contribution in [0.2, 0.25) is 0 Å². The Morgan fingerprint density at radius 1 is 1.56 bits per heavy atom. The third kappa shape index (κ3) is 2.88. The molecule has 0 atom stereocenters. The van der Waals surface area contributed by atoms with E-state index in [2.05, 4.69) is 4.98 Å². The van der Waals surface area contributed by atoms with E-state index < -0.39 is 0 Å². The van der Waals surface area contributed by atoms with Crippen molar-refractivity contribution >= 4 is 5.91 Å². The zero-order chi connectivity index (χ0) is 13.0. The average molecular weight is 252 g/mol. The van der Waals surface area contributed by atoms with Crippen molar-refractivity contribution in [2.45, 2.75) is 18.9 Å². The molecule has 0 spiro atoms. The van der Waals surface area contributed by atoms with Gasteiger partial charge in [-0.3, -0.25) is 4.79 Å². The van der Waals surface area contributed by atoms with Gasteiger partial charge in [0.25, 0.3) is 5.91 Å². The van der Waals surface area contributed by atoms with Gasteiger partial charge in [-0.05, 0) is 12.8 Å². The zero-order valence-electron chi connectivity index (χ0n) is 10.7. The molecule has 2 heterocycles. The average Bonchev–Trinajstić information content (AvgIpc) is 2.82. The van der Waals surface area contributed by atoms with Gasteiger partial charge in [0.1, 0.15) is 5.69 Å². The summed E-state index contributed by atoms with van der Waals surface area (Å²) in [7, 11) is 1.83. The fourth-order valence-electron chi connectivity index (χ4n) is 2.19. The molecule has 2 N–H and O–H groups in total. The number of carbonyl (C=O) groups is 1. The van der Waals surface area contributed by atoms with Crippen molar-refractivity contribution in [3.63, 3.8) is 0 Å². The highest BCUT2D eigenvalue weighted by molar-refractivity contribution is 5.92. The Labute approximate surface area is 107 Å². The second kappa shape index (κ2) is 5.97. The van der Waals surface area contributed by atoms with Crippen molar-refractivity contribution in [3.05, 3.63) is 18.2 Å². The highest BCUT2D eigenvalue weighted by Crippen LogP contribution is 2.15. The van der Waals surface area contributed by atoms with Gasteiger partial charge in [0.2, 0.25) is 0 Å². The van der Waals surface area contributed by atoms with Crippen LogP contribution in [0, 0.1) is 0 Å². The third-order valence-corrected chi connectivity index (χ3v) is 3.24. The van der Waals surface area contributed by atoms with Gasteiger partial charge in [0.05, 0.1) is 25.2 Å². The highest BCUT2D eigenvalue weighted by Gasteiger charge is 2.25. The van der Waals surface area contributed by atoms with E-state index in [1.54, 1.807) is 17.1 Å². The molecule has 18 heavy (non-hydrogen) atoms. The molecule has 0 aliphatic carbocycles. The van der Waals surface area contributed by atoms with Crippen LogP contribution in [0.4, 0.5) is 0 Å². The molecule has 1 aliphatic heterocycles. The minimum absolute atomic E-state index is 0.0484. The van der Waals surface area contributed by atoms with E-state index in [1.165, 1.54) is 0 Å². The first-order valence-electron chi connectivity index (χ1n) is 6.29. The lowest BCUT2D eigenvalue weighted by molar-refractivity contribution is 0.0119. The summed E-state index contributed by atoms with van der Waals surface area (Å²) in [5.41, 5.74) is 6.04. The summed E-state index contributed by atoms with van der Waals surface area (Å²) in [4.78, 5) is 18.0. The number of nitrogens with two attached hydrogens (primary N) is 1. The van der Waals surface area contributed by atoms with Crippen LogP contribution in [0.25, 0.3) is 0 Å². The van der Waals surface area contributed by atoms with Crippen LogP contribution in [0.1, 0.15) is 23.3 Å². The smallest absolute Gasteiger partial charge is 0.272 e. The summed E-state index contributed by atoms with van der Waals surface area (Å²) >= 11 is 0. The largest absolute Gasteiger partial charge is 0.377 e. The quantitative estimate of drug-likeness (QED) is 0.818. The van der Waals surface area contributed by atoms with Crippen molar-refractivity contribution in [1.29, 1.82) is 0 Å². The number of hydrogen-bond donors (Lipinski definition) is 1. The van der Waals surface area contributed by atoms with Crippen LogP contribution in [0.5, 0.6) is 0 Å². The van der Waals surface area contributed by atoms with Gasteiger partial charge in [0, 0.05) is 26.7 Å². The first-order chi connectivity index (χ1) is 8.72. The Kier molecular flexibility index (Phi) is 4.33. The Morgan fingerprint density at radius 3 is 2.83 bits per heavy atom. The van der Waals surface area contributed by atoms with Gasteiger partial charge in [-0.25, -0.2) is 4.98 Å². The summed E-state index contributed by atoms with van der Waals surface area (Å²) in [6.45, 7) is 2.62. The van der Waals surface area contributed by atoms with Crippen molar-refractivity contribution < 1.29 is 9.53 Å². The number of aryl methyl sites for hydroxylation is 1. The second-order valence-corrected chi connectivity index (χ2v) is 4.54. The third-order valence-electron chi connectivity index (χ3n) is 3.24. The van der Waals surface area contributed by atoms with E-state index in [1.807, 2.05) is 11.9 Å². The predicted molar refractivity (Wildman–Crippen MR) is 67.1 cm³/mol. The van der Waals surface area contributed by atoms with Gasteiger partial charge in [-0.2, -0.15) is 0 Å². The number of ether oxygens (including phenoxy) is 1. The molecule has 0 saturated carbocycles. The number of carbonyl (C=O) groups excluding carboxylic acids is 1. The van der Waals surface area contributed by atoms with E-state index in [9.17, 15) is 4.79 Å². The lowest BCUT2D eigenvalue weighted by Gasteiger charge is -2.31. The summed E-state index contributed by atoms with van der Waals surface area (Å²) < 4.78 is 7.34. The first-order valence-corrected chi connectivity index (χ1v) is 6.29. The zero-order valence-corrected chi connectivity index (χ0v) is 10.7. The molecule has 1 aliphatic rings. The van der Waals surface area contributed by atoms with Gasteiger partial charge in [-0.1, -0.05) is 0 Å². The van der Waals surface area contributed by atoms with Crippen molar-refractivity contribution in [3.8, 4) is 0 Å². The summed E-state index contributed by atoms with van der Waals surface area (Å²) in [5.74, 6) is 0.0484. The van der Waals surface area contributed by atoms with Gasteiger partial charge in [-0.15, -0.1) is 0 Å². The minimum Gasteiger partial charge on any atom is -0.377 e. The summed E-state index contributed by atoms with van der Waals surface area (Å²) in [5, 5.41) is 0. The van der Waals surface area contributed by atoms with Crippen LogP contribution in [-0.4, -0.2) is 52.7 Å². The maximum Gasteiger partial charge on any atom is 0.272 e. The SMILES string of the molecule is Cn1cncc1C(=O)N1CCC(OCCN)CC1. The van der Waals surface area contributed by atoms with E-state index in [0.717, 1.165) is 25.9 Å². The molecule has 100 valence electrons. The maximum absolute atomic E-state index is 12.2. The second-order valence-electron chi connectivity index (χ2n) is 4.54. The number of imidazole rings is 1. The molecule has 0 aromatic carbocycles. The Balaban J connectivity index is 1.86. The number of nitrogens with zero attached hydrogens (tertiary/aromatic N) is 3. The molecule has 1 fully saturated rings. The van der Waals surface area contributed by atoms with Crippen LogP contribution in [0.15, 0.2) is 12.5 Å². The van der Waals surface area contributed by atoms with Crippen LogP contribution in [0.3, 0.4) is 0 Å². The molecule has 6 nitrogen and oxygen atoms in total. The molecule has 1 aromatic heterocycles. The molecule has 0 bridgehead atoms. The van der Waals surface area contributed by atoms with E-state index in [-0.39, 0.29) is 12.0 Å². The molecule has 6 heteroatoms. The standard InChI is InChI=1S/C12H20N4O2/c1-15-9-14-8-11(15)12(17)16-5-2-10(3-6-16)18-7-4-13/h8-10H,2-7,13H2,1H3. The van der Waals surface area contributed by atoms with Crippen molar-refractivity contribution in [2.24, 2.45) is 12.8 Å². The minimum atomic E-state index is 0.0484. The maximum atomic E-state index is 12.2. The lowest BCUT2D eigenvalue weighted by atomic mass is 10.1. The number of rotatable bonds is 4. The Hall–Kier alpha value is -1.40. The highest BCUT2D eigenvalue weighted by atomic mass is 16.5. The molecular weight excluding hydrogens is 232 g/mol. The number of likely N-dealkylation sites (tertiary alicyclic amines) is 1.